The molecule has 21 heavy (non-hydrogen) atoms. The van der Waals surface area contributed by atoms with Crippen molar-refractivity contribution >= 4 is 29.4 Å². The number of carboxylic acid groups (broad SMARTS) is 1. The fraction of sp³-hybridized carbons (Fsp3) is 0.400. The summed E-state index contributed by atoms with van der Waals surface area (Å²) in [6.07, 6.45) is 2.22. The van der Waals surface area contributed by atoms with Crippen molar-refractivity contribution in [2.24, 2.45) is 0 Å². The van der Waals surface area contributed by atoms with Crippen molar-refractivity contribution in [3.63, 3.8) is 0 Å². The summed E-state index contributed by atoms with van der Waals surface area (Å²) in [6, 6.07) is 10.7. The molecule has 1 amide bonds. The molecule has 1 aromatic carbocycles. The minimum absolute atomic E-state index is 0. The number of nitrogens with one attached hydrogen (secondary N) is 1. The van der Waals surface area contributed by atoms with Gasteiger partial charge in [-0.25, -0.2) is 4.79 Å². The third-order valence-electron chi connectivity index (χ3n) is 3.92. The fourth-order valence-corrected chi connectivity index (χ4v) is 2.82. The molecule has 2 aromatic rings. The lowest BCUT2D eigenvalue weighted by Gasteiger charge is -2.32. The summed E-state index contributed by atoms with van der Waals surface area (Å²) in [5.41, 5.74) is 1.23. The van der Waals surface area contributed by atoms with Crippen LogP contribution < -0.4 is 5.32 Å². The highest BCUT2D eigenvalue weighted by molar-refractivity contribution is 5.85. The van der Waals surface area contributed by atoms with Crippen LogP contribution in [0.25, 0.3) is 10.9 Å². The highest BCUT2D eigenvalue weighted by Crippen LogP contribution is 2.16. The largest absolute Gasteiger partial charge is 0.465 e. The zero-order valence-electron chi connectivity index (χ0n) is 11.7. The number of hydrogen-bond acceptors (Lipinski definition) is 2. The van der Waals surface area contributed by atoms with E-state index in [1.807, 2.05) is 12.1 Å². The quantitative estimate of drug-likeness (QED) is 0.915. The minimum Gasteiger partial charge on any atom is -0.465 e. The third kappa shape index (κ3) is 3.49. The first-order valence-corrected chi connectivity index (χ1v) is 6.99. The molecule has 0 spiro atoms. The van der Waals surface area contributed by atoms with Crippen molar-refractivity contribution in [1.82, 2.24) is 14.8 Å². The summed E-state index contributed by atoms with van der Waals surface area (Å²) < 4.78 is 2.23. The Labute approximate surface area is 129 Å². The van der Waals surface area contributed by atoms with Gasteiger partial charge in [0.25, 0.3) is 0 Å². The van der Waals surface area contributed by atoms with Gasteiger partial charge in [0.1, 0.15) is 0 Å². The van der Waals surface area contributed by atoms with Gasteiger partial charge in [0, 0.05) is 43.9 Å². The van der Waals surface area contributed by atoms with E-state index in [2.05, 4.69) is 34.3 Å². The second-order valence-corrected chi connectivity index (χ2v) is 5.24. The molecule has 5 nitrogen and oxygen atoms in total. The van der Waals surface area contributed by atoms with Crippen LogP contribution in [0, 0.1) is 0 Å². The van der Waals surface area contributed by atoms with Crippen LogP contribution in [-0.4, -0.2) is 46.3 Å². The lowest BCUT2D eigenvalue weighted by Crippen LogP contribution is -2.52. The number of halogens is 1. The van der Waals surface area contributed by atoms with Gasteiger partial charge < -0.3 is 19.9 Å². The Bertz CT molecular complexity index is 614. The highest BCUT2D eigenvalue weighted by atomic mass is 35.5. The molecule has 1 aliphatic heterocycles. The number of aromatic nitrogens is 1. The predicted molar refractivity (Wildman–Crippen MR) is 85.2 cm³/mol. The Balaban J connectivity index is 0.00000161. The van der Waals surface area contributed by atoms with Gasteiger partial charge in [-0.05, 0) is 23.9 Å². The van der Waals surface area contributed by atoms with Crippen molar-refractivity contribution in [3.8, 4) is 0 Å². The lowest BCUT2D eigenvalue weighted by molar-refractivity contribution is 0.127. The highest BCUT2D eigenvalue weighted by Gasteiger charge is 2.22. The number of rotatable bonds is 3. The molecule has 3 rings (SSSR count). The Morgan fingerprint density at radius 2 is 2.14 bits per heavy atom. The van der Waals surface area contributed by atoms with Crippen molar-refractivity contribution in [1.29, 1.82) is 0 Å². The number of benzene rings is 1. The van der Waals surface area contributed by atoms with Crippen LogP contribution >= 0.6 is 12.4 Å². The molecular weight excluding hydrogens is 290 g/mol. The normalized spacial score (nSPS) is 18.5. The van der Waals surface area contributed by atoms with Crippen LogP contribution in [-0.2, 0) is 6.54 Å². The van der Waals surface area contributed by atoms with E-state index in [9.17, 15) is 4.79 Å². The Morgan fingerprint density at radius 3 is 2.95 bits per heavy atom. The lowest BCUT2D eigenvalue weighted by atomic mass is 10.1. The van der Waals surface area contributed by atoms with Gasteiger partial charge in [0.05, 0.1) is 0 Å². The van der Waals surface area contributed by atoms with Crippen LogP contribution in [0.5, 0.6) is 0 Å². The number of carbonyl (C=O) groups is 1. The van der Waals surface area contributed by atoms with Gasteiger partial charge >= 0.3 is 6.09 Å². The zero-order valence-corrected chi connectivity index (χ0v) is 12.6. The predicted octanol–water partition coefficient (Wildman–Crippen LogP) is 2.41. The Hall–Kier alpha value is -1.72. The molecule has 1 unspecified atom stereocenters. The van der Waals surface area contributed by atoms with Crippen molar-refractivity contribution < 1.29 is 9.90 Å². The summed E-state index contributed by atoms with van der Waals surface area (Å²) in [4.78, 5) is 12.5. The molecule has 0 radical (unpaired) electrons. The molecule has 114 valence electrons. The molecule has 0 saturated carbocycles. The minimum atomic E-state index is -0.817. The van der Waals surface area contributed by atoms with Crippen LogP contribution in [0.3, 0.4) is 0 Å². The number of aryl methyl sites for hydroxylation is 1. The van der Waals surface area contributed by atoms with E-state index in [1.165, 1.54) is 15.8 Å². The van der Waals surface area contributed by atoms with Gasteiger partial charge in [-0.1, -0.05) is 18.2 Å². The average Bonchev–Trinajstić information content (AvgIpc) is 2.89. The summed E-state index contributed by atoms with van der Waals surface area (Å²) >= 11 is 0. The van der Waals surface area contributed by atoms with Crippen molar-refractivity contribution in [2.45, 2.75) is 19.0 Å². The fourth-order valence-electron chi connectivity index (χ4n) is 2.82. The second-order valence-electron chi connectivity index (χ2n) is 5.24. The molecule has 1 saturated heterocycles. The average molecular weight is 310 g/mol. The van der Waals surface area contributed by atoms with E-state index in [1.54, 1.807) is 0 Å². The maximum Gasteiger partial charge on any atom is 0.407 e. The number of piperazine rings is 1. The Kier molecular flexibility index (Phi) is 5.09. The van der Waals surface area contributed by atoms with Gasteiger partial charge in [-0.3, -0.25) is 0 Å². The number of amides is 1. The number of nitrogens with zero attached hydrogens (tertiary/aromatic N) is 2. The van der Waals surface area contributed by atoms with Gasteiger partial charge in [0.15, 0.2) is 0 Å². The number of hydrogen-bond donors (Lipinski definition) is 2. The van der Waals surface area contributed by atoms with E-state index in [4.69, 9.17) is 5.11 Å². The SMILES string of the molecule is Cl.O=C(O)N1CCNC(CCn2ccc3ccccc32)C1. The molecule has 6 heteroatoms. The molecule has 1 aliphatic rings. The zero-order chi connectivity index (χ0) is 13.9. The van der Waals surface area contributed by atoms with Crippen LogP contribution in [0.15, 0.2) is 36.5 Å². The number of para-hydroxylation sites is 1. The smallest absolute Gasteiger partial charge is 0.407 e. The van der Waals surface area contributed by atoms with E-state index >= 15 is 0 Å². The molecule has 0 aliphatic carbocycles. The molecule has 2 heterocycles. The van der Waals surface area contributed by atoms with Crippen molar-refractivity contribution in [2.75, 3.05) is 19.6 Å². The van der Waals surface area contributed by atoms with E-state index in [0.717, 1.165) is 19.5 Å². The molecule has 1 atom stereocenters. The first-order chi connectivity index (χ1) is 9.74. The number of fused-ring (bicyclic) bond motifs is 1. The molecular formula is C15H20ClN3O2. The molecule has 1 fully saturated rings. The van der Waals surface area contributed by atoms with Crippen LogP contribution in [0.1, 0.15) is 6.42 Å². The standard InChI is InChI=1S/C15H19N3O2.ClH/c19-15(20)18-10-7-16-13(11-18)6-9-17-8-5-12-3-1-2-4-14(12)17;/h1-5,8,13,16H,6-7,9-11H2,(H,19,20);1H. The summed E-state index contributed by atoms with van der Waals surface area (Å²) in [7, 11) is 0. The first kappa shape index (κ1) is 15.7. The first-order valence-electron chi connectivity index (χ1n) is 6.99. The van der Waals surface area contributed by atoms with Crippen molar-refractivity contribution in [3.05, 3.63) is 36.5 Å². The van der Waals surface area contributed by atoms with Crippen LogP contribution in [0.4, 0.5) is 4.79 Å². The Morgan fingerprint density at radius 1 is 1.33 bits per heavy atom. The summed E-state index contributed by atoms with van der Waals surface area (Å²) in [5, 5.41) is 13.7. The topological polar surface area (TPSA) is 57.5 Å². The molecule has 1 aromatic heterocycles. The van der Waals surface area contributed by atoms with E-state index < -0.39 is 6.09 Å². The summed E-state index contributed by atoms with van der Waals surface area (Å²) in [6.45, 7) is 2.80. The van der Waals surface area contributed by atoms with E-state index in [-0.39, 0.29) is 18.4 Å². The summed E-state index contributed by atoms with van der Waals surface area (Å²) in [5.74, 6) is 0. The monoisotopic (exact) mass is 309 g/mol. The van der Waals surface area contributed by atoms with Crippen LogP contribution in [0.2, 0.25) is 0 Å². The van der Waals surface area contributed by atoms with Gasteiger partial charge in [-0.2, -0.15) is 0 Å². The van der Waals surface area contributed by atoms with E-state index in [0.29, 0.717) is 13.1 Å². The molecule has 0 bridgehead atoms. The third-order valence-corrected chi connectivity index (χ3v) is 3.92. The van der Waals surface area contributed by atoms with Gasteiger partial charge in [0.2, 0.25) is 0 Å². The maximum atomic E-state index is 11.0. The maximum absolute atomic E-state index is 11.0. The van der Waals surface area contributed by atoms with Gasteiger partial charge in [-0.15, -0.1) is 12.4 Å². The molecule has 2 N–H and O–H groups in total. The second kappa shape index (κ2) is 6.83.